The maximum absolute atomic E-state index is 9.51. The first kappa shape index (κ1) is 9.69. The summed E-state index contributed by atoms with van der Waals surface area (Å²) in [4.78, 5) is 0. The highest BCUT2D eigenvalue weighted by Gasteiger charge is 2.34. The highest BCUT2D eigenvalue weighted by atomic mass is 16.5. The van der Waals surface area contributed by atoms with Crippen LogP contribution in [0, 0.1) is 12.8 Å². The van der Waals surface area contributed by atoms with E-state index in [2.05, 4.69) is 25.1 Å². The van der Waals surface area contributed by atoms with Crippen molar-refractivity contribution in [1.82, 2.24) is 0 Å². The maximum Gasteiger partial charge on any atom is 0.163 e. The van der Waals surface area contributed by atoms with E-state index in [0.29, 0.717) is 0 Å². The first-order valence-corrected chi connectivity index (χ1v) is 5.00. The van der Waals surface area contributed by atoms with Crippen LogP contribution in [0.3, 0.4) is 0 Å². The zero-order chi connectivity index (χ0) is 10.3. The van der Waals surface area contributed by atoms with Gasteiger partial charge in [-0.1, -0.05) is 23.8 Å². The zero-order valence-corrected chi connectivity index (χ0v) is 8.62. The Hall–Kier alpha value is -0.860. The molecule has 2 N–H and O–H groups in total. The predicted octanol–water partition coefficient (Wildman–Crippen LogP) is 1.41. The SMILES string of the molecule is Cc1ccc2c(c1)CC(C(C)(O)O)C2. The lowest BCUT2D eigenvalue weighted by Gasteiger charge is -2.23. The molecule has 1 aromatic rings. The Morgan fingerprint density at radius 1 is 1.21 bits per heavy atom. The number of rotatable bonds is 1. The number of fused-ring (bicyclic) bond motifs is 1. The molecule has 0 bridgehead atoms. The summed E-state index contributed by atoms with van der Waals surface area (Å²) < 4.78 is 0. The molecule has 1 aliphatic rings. The molecule has 14 heavy (non-hydrogen) atoms. The molecule has 76 valence electrons. The number of aliphatic hydroxyl groups is 2. The fraction of sp³-hybridized carbons (Fsp3) is 0.500. The van der Waals surface area contributed by atoms with Gasteiger partial charge in [-0.05, 0) is 37.8 Å². The minimum atomic E-state index is -1.55. The van der Waals surface area contributed by atoms with Crippen molar-refractivity contribution in [1.29, 1.82) is 0 Å². The van der Waals surface area contributed by atoms with Crippen molar-refractivity contribution >= 4 is 0 Å². The molecule has 0 amide bonds. The van der Waals surface area contributed by atoms with E-state index in [4.69, 9.17) is 0 Å². The minimum absolute atomic E-state index is 0.0562. The first-order valence-electron chi connectivity index (χ1n) is 5.00. The lowest BCUT2D eigenvalue weighted by atomic mass is 9.97. The molecule has 0 fully saturated rings. The molecule has 0 radical (unpaired) electrons. The lowest BCUT2D eigenvalue weighted by Crippen LogP contribution is -2.34. The van der Waals surface area contributed by atoms with E-state index >= 15 is 0 Å². The summed E-state index contributed by atoms with van der Waals surface area (Å²) in [5.41, 5.74) is 3.77. The van der Waals surface area contributed by atoms with Crippen molar-refractivity contribution in [2.45, 2.75) is 32.5 Å². The van der Waals surface area contributed by atoms with E-state index < -0.39 is 5.79 Å². The van der Waals surface area contributed by atoms with Gasteiger partial charge in [0.25, 0.3) is 0 Å². The van der Waals surface area contributed by atoms with Crippen molar-refractivity contribution < 1.29 is 10.2 Å². The Morgan fingerprint density at radius 3 is 2.50 bits per heavy atom. The molecular formula is C12H16O2. The Labute approximate surface area is 84.2 Å². The quantitative estimate of drug-likeness (QED) is 0.660. The topological polar surface area (TPSA) is 40.5 Å². The van der Waals surface area contributed by atoms with Gasteiger partial charge < -0.3 is 10.2 Å². The van der Waals surface area contributed by atoms with Gasteiger partial charge in [0.15, 0.2) is 5.79 Å². The molecule has 0 heterocycles. The first-order chi connectivity index (χ1) is 6.47. The van der Waals surface area contributed by atoms with Gasteiger partial charge in [-0.2, -0.15) is 0 Å². The summed E-state index contributed by atoms with van der Waals surface area (Å²) in [7, 11) is 0. The molecule has 2 heteroatoms. The monoisotopic (exact) mass is 192 g/mol. The van der Waals surface area contributed by atoms with E-state index in [1.165, 1.54) is 23.6 Å². The molecule has 0 saturated carbocycles. The second kappa shape index (κ2) is 3.07. The summed E-state index contributed by atoms with van der Waals surface area (Å²) in [6, 6.07) is 6.31. The third-order valence-electron chi connectivity index (χ3n) is 3.07. The zero-order valence-electron chi connectivity index (χ0n) is 8.62. The predicted molar refractivity (Wildman–Crippen MR) is 54.9 cm³/mol. The molecular weight excluding hydrogens is 176 g/mol. The Morgan fingerprint density at radius 2 is 1.86 bits per heavy atom. The Balaban J connectivity index is 2.26. The van der Waals surface area contributed by atoms with E-state index in [9.17, 15) is 10.2 Å². The van der Waals surface area contributed by atoms with Crippen LogP contribution in [0.1, 0.15) is 23.6 Å². The fourth-order valence-corrected chi connectivity index (χ4v) is 2.13. The van der Waals surface area contributed by atoms with Crippen LogP contribution in [-0.4, -0.2) is 16.0 Å². The second-order valence-corrected chi connectivity index (χ2v) is 4.47. The van der Waals surface area contributed by atoms with Crippen LogP contribution in [0.4, 0.5) is 0 Å². The average molecular weight is 192 g/mol. The largest absolute Gasteiger partial charge is 0.366 e. The van der Waals surface area contributed by atoms with Gasteiger partial charge in [0.2, 0.25) is 0 Å². The van der Waals surface area contributed by atoms with Crippen molar-refractivity contribution in [3.8, 4) is 0 Å². The summed E-state index contributed by atoms with van der Waals surface area (Å²) in [6.07, 6.45) is 1.56. The minimum Gasteiger partial charge on any atom is -0.366 e. The number of benzene rings is 1. The van der Waals surface area contributed by atoms with E-state index in [-0.39, 0.29) is 5.92 Å². The van der Waals surface area contributed by atoms with Gasteiger partial charge in [0.05, 0.1) is 0 Å². The van der Waals surface area contributed by atoms with Gasteiger partial charge in [-0.15, -0.1) is 0 Å². The van der Waals surface area contributed by atoms with E-state index in [0.717, 1.165) is 12.8 Å². The molecule has 0 spiro atoms. The van der Waals surface area contributed by atoms with Crippen molar-refractivity contribution in [2.75, 3.05) is 0 Å². The maximum atomic E-state index is 9.51. The van der Waals surface area contributed by atoms with Crippen molar-refractivity contribution in [2.24, 2.45) is 5.92 Å². The molecule has 0 aliphatic heterocycles. The smallest absolute Gasteiger partial charge is 0.163 e. The van der Waals surface area contributed by atoms with Crippen LogP contribution in [0.5, 0.6) is 0 Å². The van der Waals surface area contributed by atoms with Crippen LogP contribution >= 0.6 is 0 Å². The standard InChI is InChI=1S/C12H16O2/c1-8-3-4-9-6-11(12(2,13)14)7-10(9)5-8/h3-5,11,13-14H,6-7H2,1-2H3. The third-order valence-corrected chi connectivity index (χ3v) is 3.07. The average Bonchev–Trinajstić information content (AvgIpc) is 2.45. The molecule has 2 nitrogen and oxygen atoms in total. The molecule has 2 rings (SSSR count). The molecule has 1 aromatic carbocycles. The van der Waals surface area contributed by atoms with Crippen LogP contribution in [-0.2, 0) is 12.8 Å². The van der Waals surface area contributed by atoms with E-state index in [1.54, 1.807) is 0 Å². The van der Waals surface area contributed by atoms with Crippen molar-refractivity contribution in [3.63, 3.8) is 0 Å². The van der Waals surface area contributed by atoms with Gasteiger partial charge in [0.1, 0.15) is 0 Å². The van der Waals surface area contributed by atoms with Gasteiger partial charge in [-0.3, -0.25) is 0 Å². The van der Waals surface area contributed by atoms with Gasteiger partial charge >= 0.3 is 0 Å². The van der Waals surface area contributed by atoms with E-state index in [1.807, 2.05) is 0 Å². The third kappa shape index (κ3) is 1.68. The molecule has 1 aliphatic carbocycles. The number of hydrogen-bond donors (Lipinski definition) is 2. The normalized spacial score (nSPS) is 21.0. The summed E-state index contributed by atoms with van der Waals surface area (Å²) >= 11 is 0. The second-order valence-electron chi connectivity index (χ2n) is 4.47. The van der Waals surface area contributed by atoms with Crippen LogP contribution in [0.15, 0.2) is 18.2 Å². The molecule has 1 unspecified atom stereocenters. The summed E-state index contributed by atoms with van der Waals surface area (Å²) in [6.45, 7) is 3.53. The van der Waals surface area contributed by atoms with Crippen LogP contribution in [0.25, 0.3) is 0 Å². The van der Waals surface area contributed by atoms with Crippen LogP contribution < -0.4 is 0 Å². The Kier molecular flexibility index (Phi) is 2.13. The summed E-state index contributed by atoms with van der Waals surface area (Å²) in [5, 5.41) is 19.0. The number of aryl methyl sites for hydroxylation is 1. The molecule has 0 saturated heterocycles. The molecule has 1 atom stereocenters. The van der Waals surface area contributed by atoms with Gasteiger partial charge in [0, 0.05) is 5.92 Å². The lowest BCUT2D eigenvalue weighted by molar-refractivity contribution is -0.182. The van der Waals surface area contributed by atoms with Crippen molar-refractivity contribution in [3.05, 3.63) is 34.9 Å². The highest BCUT2D eigenvalue weighted by molar-refractivity contribution is 5.36. The number of hydrogen-bond acceptors (Lipinski definition) is 2. The molecule has 0 aromatic heterocycles. The summed E-state index contributed by atoms with van der Waals surface area (Å²) in [5.74, 6) is -1.60. The highest BCUT2D eigenvalue weighted by Crippen LogP contribution is 2.32. The fourth-order valence-electron chi connectivity index (χ4n) is 2.13. The van der Waals surface area contributed by atoms with Crippen LogP contribution in [0.2, 0.25) is 0 Å². The Bertz CT molecular complexity index is 350. The van der Waals surface area contributed by atoms with Gasteiger partial charge in [-0.25, -0.2) is 0 Å².